The molecule has 1 rings (SSSR count). The van der Waals surface area contributed by atoms with Gasteiger partial charge in [-0.05, 0) is 12.3 Å². The van der Waals surface area contributed by atoms with Gasteiger partial charge < -0.3 is 4.74 Å². The molecule has 0 spiro atoms. The minimum atomic E-state index is -0.525. The molecule has 0 bridgehead atoms. The number of nitrogens with zero attached hydrogens (tertiary/aromatic N) is 2. The molecule has 0 atom stereocenters. The van der Waals surface area contributed by atoms with Crippen molar-refractivity contribution in [1.82, 2.24) is 4.98 Å². The second kappa shape index (κ2) is 5.65. The monoisotopic (exact) mass is 244 g/mol. The van der Waals surface area contributed by atoms with Gasteiger partial charge in [0.2, 0.25) is 5.88 Å². The van der Waals surface area contributed by atoms with Gasteiger partial charge in [0.05, 0.1) is 23.7 Å². The van der Waals surface area contributed by atoms with Crippen LogP contribution < -0.4 is 4.74 Å². The van der Waals surface area contributed by atoms with E-state index in [1.165, 1.54) is 12.1 Å². The zero-order chi connectivity index (χ0) is 12.1. The van der Waals surface area contributed by atoms with E-state index in [1.807, 2.05) is 0 Å². The fourth-order valence-electron chi connectivity index (χ4n) is 1.04. The molecule has 0 fully saturated rings. The number of pyridine rings is 1. The molecule has 1 aromatic heterocycles. The number of nitro groups is 1. The van der Waals surface area contributed by atoms with E-state index in [9.17, 15) is 10.1 Å². The summed E-state index contributed by atoms with van der Waals surface area (Å²) in [5, 5.41) is 10.6. The normalized spacial score (nSPS) is 10.5. The highest BCUT2D eigenvalue weighted by molar-refractivity contribution is 6.29. The van der Waals surface area contributed by atoms with E-state index in [4.69, 9.17) is 16.3 Å². The summed E-state index contributed by atoms with van der Waals surface area (Å²) >= 11 is 5.64. The van der Waals surface area contributed by atoms with Crippen molar-refractivity contribution in [3.8, 4) is 5.88 Å². The van der Waals surface area contributed by atoms with Crippen LogP contribution in [-0.4, -0.2) is 16.5 Å². The van der Waals surface area contributed by atoms with Gasteiger partial charge >= 0.3 is 0 Å². The molecule has 0 saturated heterocycles. The van der Waals surface area contributed by atoms with Crippen LogP contribution in [0.2, 0.25) is 5.15 Å². The molecular weight excluding hydrogens is 232 g/mol. The lowest BCUT2D eigenvalue weighted by Gasteiger charge is -2.07. The fraction of sp³-hybridized carbons (Fsp3) is 0.500. The molecular formula is C10H13ClN2O3. The van der Waals surface area contributed by atoms with E-state index in [-0.39, 0.29) is 16.7 Å². The number of ether oxygens (including phenoxy) is 1. The average Bonchev–Trinajstić information content (AvgIpc) is 2.16. The lowest BCUT2D eigenvalue weighted by molar-refractivity contribution is -0.385. The van der Waals surface area contributed by atoms with Gasteiger partial charge in [0, 0.05) is 0 Å². The molecule has 0 unspecified atom stereocenters. The molecule has 0 radical (unpaired) electrons. The van der Waals surface area contributed by atoms with Gasteiger partial charge in [-0.15, -0.1) is 0 Å². The van der Waals surface area contributed by atoms with Crippen molar-refractivity contribution in [2.75, 3.05) is 6.61 Å². The minimum Gasteiger partial charge on any atom is -0.477 e. The molecule has 0 aliphatic rings. The maximum absolute atomic E-state index is 10.6. The summed E-state index contributed by atoms with van der Waals surface area (Å²) < 4.78 is 5.29. The van der Waals surface area contributed by atoms with E-state index in [2.05, 4.69) is 18.8 Å². The number of hydrogen-bond donors (Lipinski definition) is 0. The first kappa shape index (κ1) is 12.7. The molecule has 16 heavy (non-hydrogen) atoms. The first-order valence-corrected chi connectivity index (χ1v) is 5.31. The average molecular weight is 245 g/mol. The molecule has 5 nitrogen and oxygen atoms in total. The number of aromatic nitrogens is 1. The SMILES string of the molecule is CC(C)CCOc1cc([N+](=O)[O-])cc(Cl)n1. The van der Waals surface area contributed by atoms with E-state index < -0.39 is 4.92 Å². The van der Waals surface area contributed by atoms with Gasteiger partial charge in [0.25, 0.3) is 5.69 Å². The van der Waals surface area contributed by atoms with Crippen LogP contribution in [0.25, 0.3) is 0 Å². The second-order valence-corrected chi connectivity index (χ2v) is 4.16. The molecule has 0 aliphatic carbocycles. The Kier molecular flexibility index (Phi) is 4.49. The van der Waals surface area contributed by atoms with Crippen LogP contribution in [0.1, 0.15) is 20.3 Å². The minimum absolute atomic E-state index is 0.0637. The van der Waals surface area contributed by atoms with Crippen LogP contribution in [0.5, 0.6) is 5.88 Å². The highest BCUT2D eigenvalue weighted by atomic mass is 35.5. The molecule has 0 aromatic carbocycles. The van der Waals surface area contributed by atoms with Crippen molar-refractivity contribution < 1.29 is 9.66 Å². The first-order chi connectivity index (χ1) is 7.49. The lowest BCUT2D eigenvalue weighted by atomic mass is 10.1. The number of halogens is 1. The predicted octanol–water partition coefficient (Wildman–Crippen LogP) is 3.07. The molecule has 6 heteroatoms. The smallest absolute Gasteiger partial charge is 0.277 e. The highest BCUT2D eigenvalue weighted by Gasteiger charge is 2.11. The van der Waals surface area contributed by atoms with Crippen molar-refractivity contribution in [2.45, 2.75) is 20.3 Å². The van der Waals surface area contributed by atoms with Crippen molar-refractivity contribution in [1.29, 1.82) is 0 Å². The third-order valence-corrected chi connectivity index (χ3v) is 2.10. The Hall–Kier alpha value is -1.36. The van der Waals surface area contributed by atoms with Crippen LogP contribution in [0.4, 0.5) is 5.69 Å². The molecule has 0 N–H and O–H groups in total. The summed E-state index contributed by atoms with van der Waals surface area (Å²) in [6, 6.07) is 2.46. The molecule has 0 saturated carbocycles. The van der Waals surface area contributed by atoms with Gasteiger partial charge in [-0.3, -0.25) is 10.1 Å². The topological polar surface area (TPSA) is 65.3 Å². The molecule has 0 amide bonds. The largest absolute Gasteiger partial charge is 0.477 e. The summed E-state index contributed by atoms with van der Waals surface area (Å²) in [7, 11) is 0. The van der Waals surface area contributed by atoms with E-state index in [1.54, 1.807) is 0 Å². The van der Waals surface area contributed by atoms with Crippen molar-refractivity contribution in [2.24, 2.45) is 5.92 Å². The second-order valence-electron chi connectivity index (χ2n) is 3.77. The first-order valence-electron chi connectivity index (χ1n) is 4.94. The number of rotatable bonds is 5. The summed E-state index contributed by atoms with van der Waals surface area (Å²) in [5.41, 5.74) is -0.112. The lowest BCUT2D eigenvalue weighted by Crippen LogP contribution is -2.03. The standard InChI is InChI=1S/C10H13ClN2O3/c1-7(2)3-4-16-10-6-8(13(14)15)5-9(11)12-10/h5-7H,3-4H2,1-2H3. The Balaban J connectivity index is 2.69. The zero-order valence-corrected chi connectivity index (χ0v) is 9.90. The number of hydrogen-bond acceptors (Lipinski definition) is 4. The predicted molar refractivity (Wildman–Crippen MR) is 60.9 cm³/mol. The summed E-state index contributed by atoms with van der Waals surface area (Å²) in [4.78, 5) is 13.9. The van der Waals surface area contributed by atoms with Gasteiger partial charge in [-0.25, -0.2) is 4.98 Å². The molecule has 1 heterocycles. The third kappa shape index (κ3) is 4.02. The molecule has 1 aromatic rings. The van der Waals surface area contributed by atoms with Crippen molar-refractivity contribution in [3.63, 3.8) is 0 Å². The van der Waals surface area contributed by atoms with Crippen LogP contribution in [0.15, 0.2) is 12.1 Å². The third-order valence-electron chi connectivity index (χ3n) is 1.91. The van der Waals surface area contributed by atoms with Crippen molar-refractivity contribution in [3.05, 3.63) is 27.4 Å². The Morgan fingerprint density at radius 3 is 2.81 bits per heavy atom. The van der Waals surface area contributed by atoms with Crippen LogP contribution >= 0.6 is 11.6 Å². The van der Waals surface area contributed by atoms with E-state index in [0.717, 1.165) is 6.42 Å². The maximum atomic E-state index is 10.6. The Morgan fingerprint density at radius 2 is 2.25 bits per heavy atom. The summed E-state index contributed by atoms with van der Waals surface area (Å²) in [5.74, 6) is 0.703. The summed E-state index contributed by atoms with van der Waals surface area (Å²) in [6.07, 6.45) is 0.863. The molecule has 0 aliphatic heterocycles. The van der Waals surface area contributed by atoms with E-state index in [0.29, 0.717) is 12.5 Å². The fourth-order valence-corrected chi connectivity index (χ4v) is 1.23. The van der Waals surface area contributed by atoms with E-state index >= 15 is 0 Å². The van der Waals surface area contributed by atoms with Gasteiger partial charge in [-0.2, -0.15) is 0 Å². The Morgan fingerprint density at radius 1 is 1.56 bits per heavy atom. The van der Waals surface area contributed by atoms with Crippen LogP contribution in [0.3, 0.4) is 0 Å². The quantitative estimate of drug-likeness (QED) is 0.454. The van der Waals surface area contributed by atoms with Crippen LogP contribution in [-0.2, 0) is 0 Å². The highest BCUT2D eigenvalue weighted by Crippen LogP contribution is 2.22. The van der Waals surface area contributed by atoms with Gasteiger partial charge in [-0.1, -0.05) is 25.4 Å². The summed E-state index contributed by atoms with van der Waals surface area (Å²) in [6.45, 7) is 4.61. The Bertz CT molecular complexity index is 382. The molecule has 88 valence electrons. The van der Waals surface area contributed by atoms with Gasteiger partial charge in [0.1, 0.15) is 5.15 Å². The zero-order valence-electron chi connectivity index (χ0n) is 9.14. The van der Waals surface area contributed by atoms with Crippen molar-refractivity contribution >= 4 is 17.3 Å². The van der Waals surface area contributed by atoms with Crippen LogP contribution in [0, 0.1) is 16.0 Å². The van der Waals surface area contributed by atoms with Gasteiger partial charge in [0.15, 0.2) is 0 Å². The maximum Gasteiger partial charge on any atom is 0.277 e. The Labute approximate surface area is 98.5 Å².